The zero-order valence-corrected chi connectivity index (χ0v) is 11.8. The van der Waals surface area contributed by atoms with Crippen LogP contribution in [0.2, 0.25) is 0 Å². The van der Waals surface area contributed by atoms with Gasteiger partial charge in [-0.1, -0.05) is 0 Å². The summed E-state index contributed by atoms with van der Waals surface area (Å²) < 4.78 is 10.4. The van der Waals surface area contributed by atoms with Gasteiger partial charge in [0.25, 0.3) is 5.91 Å². The van der Waals surface area contributed by atoms with E-state index in [0.717, 1.165) is 10.4 Å². The third kappa shape index (κ3) is 2.88. The summed E-state index contributed by atoms with van der Waals surface area (Å²) in [6.07, 6.45) is 0. The van der Waals surface area contributed by atoms with E-state index in [1.165, 1.54) is 11.3 Å². The summed E-state index contributed by atoms with van der Waals surface area (Å²) in [5.41, 5.74) is 1.65. The molecule has 0 radical (unpaired) electrons. The van der Waals surface area contributed by atoms with Crippen LogP contribution in [0.15, 0.2) is 29.6 Å². The summed E-state index contributed by atoms with van der Waals surface area (Å²) >= 11 is 1.43. The Hall–Kier alpha value is -2.01. The molecule has 4 nitrogen and oxygen atoms in total. The zero-order valence-electron chi connectivity index (χ0n) is 11.0. The summed E-state index contributed by atoms with van der Waals surface area (Å²) in [5, 5.41) is 4.75. The first-order chi connectivity index (χ1) is 9.15. The molecule has 0 atom stereocenters. The Morgan fingerprint density at radius 2 is 1.89 bits per heavy atom. The van der Waals surface area contributed by atoms with Gasteiger partial charge >= 0.3 is 0 Å². The van der Waals surface area contributed by atoms with Crippen molar-refractivity contribution >= 4 is 22.9 Å². The molecule has 2 aromatic rings. The summed E-state index contributed by atoms with van der Waals surface area (Å²) in [6.45, 7) is 1.92. The Morgan fingerprint density at radius 1 is 1.16 bits per heavy atom. The number of ether oxygens (including phenoxy) is 2. The van der Waals surface area contributed by atoms with Crippen LogP contribution in [0.25, 0.3) is 0 Å². The first-order valence-electron chi connectivity index (χ1n) is 5.73. The third-order valence-electron chi connectivity index (χ3n) is 2.71. The first-order valence-corrected chi connectivity index (χ1v) is 6.61. The number of hydrogen-bond donors (Lipinski definition) is 1. The first kappa shape index (κ1) is 13.4. The van der Waals surface area contributed by atoms with Crippen LogP contribution >= 0.6 is 11.3 Å². The maximum absolute atomic E-state index is 12.1. The highest BCUT2D eigenvalue weighted by atomic mass is 32.1. The molecule has 100 valence electrons. The number of nitrogens with one attached hydrogen (secondary N) is 1. The smallest absolute Gasteiger partial charge is 0.265 e. The Labute approximate surface area is 116 Å². The molecule has 0 spiro atoms. The molecule has 0 aliphatic rings. The van der Waals surface area contributed by atoms with Crippen molar-refractivity contribution in [3.8, 4) is 11.5 Å². The summed E-state index contributed by atoms with van der Waals surface area (Å²) in [6, 6.07) is 7.20. The van der Waals surface area contributed by atoms with E-state index < -0.39 is 0 Å². The molecule has 2 rings (SSSR count). The van der Waals surface area contributed by atoms with Gasteiger partial charge in [-0.2, -0.15) is 0 Å². The molecule has 5 heteroatoms. The average molecular weight is 277 g/mol. The number of carbonyl (C=O) groups is 1. The number of benzene rings is 1. The molecule has 0 saturated carbocycles. The lowest BCUT2D eigenvalue weighted by atomic mass is 10.2. The molecule has 1 aromatic heterocycles. The molecule has 0 unspecified atom stereocenters. The molecule has 0 aliphatic carbocycles. The van der Waals surface area contributed by atoms with E-state index in [4.69, 9.17) is 9.47 Å². The van der Waals surface area contributed by atoms with Crippen molar-refractivity contribution in [3.63, 3.8) is 0 Å². The molecule has 1 heterocycles. The predicted octanol–water partition coefficient (Wildman–Crippen LogP) is 3.33. The maximum atomic E-state index is 12.1. The number of thiophene rings is 1. The SMILES string of the molecule is COc1ccc(NC(=O)c2sccc2C)cc1OC. The van der Waals surface area contributed by atoms with Gasteiger partial charge in [-0.15, -0.1) is 11.3 Å². The van der Waals surface area contributed by atoms with Gasteiger partial charge < -0.3 is 14.8 Å². The molecule has 1 N–H and O–H groups in total. The van der Waals surface area contributed by atoms with Gasteiger partial charge in [0.05, 0.1) is 19.1 Å². The van der Waals surface area contributed by atoms with Crippen LogP contribution in [-0.4, -0.2) is 20.1 Å². The number of carbonyl (C=O) groups excluding carboxylic acids is 1. The Bertz CT molecular complexity index is 592. The van der Waals surface area contributed by atoms with E-state index in [1.807, 2.05) is 18.4 Å². The normalized spacial score (nSPS) is 10.1. The third-order valence-corrected chi connectivity index (χ3v) is 3.72. The predicted molar refractivity (Wildman–Crippen MR) is 76.6 cm³/mol. The van der Waals surface area contributed by atoms with Crippen molar-refractivity contribution in [2.45, 2.75) is 6.92 Å². The highest BCUT2D eigenvalue weighted by Crippen LogP contribution is 2.30. The van der Waals surface area contributed by atoms with E-state index in [1.54, 1.807) is 32.4 Å². The molecule has 0 fully saturated rings. The van der Waals surface area contributed by atoms with Crippen LogP contribution in [0.1, 0.15) is 15.2 Å². The van der Waals surface area contributed by atoms with Crippen LogP contribution < -0.4 is 14.8 Å². The molecule has 1 amide bonds. The second-order valence-electron chi connectivity index (χ2n) is 3.96. The largest absolute Gasteiger partial charge is 0.493 e. The number of hydrogen-bond acceptors (Lipinski definition) is 4. The van der Waals surface area contributed by atoms with E-state index in [0.29, 0.717) is 17.2 Å². The van der Waals surface area contributed by atoms with Gasteiger partial charge in [0.1, 0.15) is 0 Å². The lowest BCUT2D eigenvalue weighted by Crippen LogP contribution is -2.11. The molecular formula is C14H15NO3S. The number of rotatable bonds is 4. The van der Waals surface area contributed by atoms with Crippen LogP contribution in [-0.2, 0) is 0 Å². The Morgan fingerprint density at radius 3 is 2.47 bits per heavy atom. The molecule has 1 aromatic carbocycles. The van der Waals surface area contributed by atoms with Gasteiger partial charge in [-0.3, -0.25) is 4.79 Å². The second kappa shape index (κ2) is 5.75. The number of methoxy groups -OCH3 is 2. The highest BCUT2D eigenvalue weighted by molar-refractivity contribution is 7.12. The molecular weight excluding hydrogens is 262 g/mol. The summed E-state index contributed by atoms with van der Waals surface area (Å²) in [5.74, 6) is 1.11. The number of anilines is 1. The van der Waals surface area contributed by atoms with Crippen molar-refractivity contribution in [3.05, 3.63) is 40.1 Å². The minimum Gasteiger partial charge on any atom is -0.493 e. The maximum Gasteiger partial charge on any atom is 0.265 e. The van der Waals surface area contributed by atoms with Gasteiger partial charge in [-0.25, -0.2) is 0 Å². The minimum atomic E-state index is -0.111. The van der Waals surface area contributed by atoms with Crippen LogP contribution in [0.3, 0.4) is 0 Å². The van der Waals surface area contributed by atoms with Gasteiger partial charge in [0.2, 0.25) is 0 Å². The standard InChI is InChI=1S/C14H15NO3S/c1-9-6-7-19-13(9)14(16)15-10-4-5-11(17-2)12(8-10)18-3/h4-8H,1-3H3,(H,15,16). The van der Waals surface area contributed by atoms with E-state index >= 15 is 0 Å². The highest BCUT2D eigenvalue weighted by Gasteiger charge is 2.12. The van der Waals surface area contributed by atoms with E-state index in [-0.39, 0.29) is 5.91 Å². The van der Waals surface area contributed by atoms with E-state index in [9.17, 15) is 4.79 Å². The summed E-state index contributed by atoms with van der Waals surface area (Å²) in [7, 11) is 3.14. The quantitative estimate of drug-likeness (QED) is 0.932. The lowest BCUT2D eigenvalue weighted by Gasteiger charge is -2.10. The molecule has 0 bridgehead atoms. The van der Waals surface area contributed by atoms with Crippen LogP contribution in [0, 0.1) is 6.92 Å². The van der Waals surface area contributed by atoms with Crippen molar-refractivity contribution in [1.29, 1.82) is 0 Å². The zero-order chi connectivity index (χ0) is 13.8. The van der Waals surface area contributed by atoms with Crippen molar-refractivity contribution in [2.24, 2.45) is 0 Å². The van der Waals surface area contributed by atoms with Gasteiger partial charge in [-0.05, 0) is 36.1 Å². The molecule has 0 saturated heterocycles. The molecule has 19 heavy (non-hydrogen) atoms. The monoisotopic (exact) mass is 277 g/mol. The molecule has 0 aliphatic heterocycles. The second-order valence-corrected chi connectivity index (χ2v) is 4.87. The number of amides is 1. The fraction of sp³-hybridized carbons (Fsp3) is 0.214. The lowest BCUT2D eigenvalue weighted by molar-refractivity contribution is 0.103. The van der Waals surface area contributed by atoms with Crippen molar-refractivity contribution in [1.82, 2.24) is 0 Å². The van der Waals surface area contributed by atoms with Crippen molar-refractivity contribution in [2.75, 3.05) is 19.5 Å². The average Bonchev–Trinajstić information content (AvgIpc) is 2.85. The number of aryl methyl sites for hydroxylation is 1. The van der Waals surface area contributed by atoms with Crippen LogP contribution in [0.4, 0.5) is 5.69 Å². The fourth-order valence-electron chi connectivity index (χ4n) is 1.71. The van der Waals surface area contributed by atoms with Crippen LogP contribution in [0.5, 0.6) is 11.5 Å². The van der Waals surface area contributed by atoms with Gasteiger partial charge in [0, 0.05) is 11.8 Å². The minimum absolute atomic E-state index is 0.111. The summed E-state index contributed by atoms with van der Waals surface area (Å²) in [4.78, 5) is 12.8. The van der Waals surface area contributed by atoms with E-state index in [2.05, 4.69) is 5.32 Å². The fourth-order valence-corrected chi connectivity index (χ4v) is 2.53. The topological polar surface area (TPSA) is 47.6 Å². The Balaban J connectivity index is 2.20. The van der Waals surface area contributed by atoms with Gasteiger partial charge in [0.15, 0.2) is 11.5 Å². The van der Waals surface area contributed by atoms with Crippen molar-refractivity contribution < 1.29 is 14.3 Å². The Kier molecular flexibility index (Phi) is 4.06.